The molecule has 1 aromatic heterocycles. The van der Waals surface area contributed by atoms with Gasteiger partial charge in [-0.3, -0.25) is 9.59 Å². The summed E-state index contributed by atoms with van der Waals surface area (Å²) >= 11 is 5.83. The van der Waals surface area contributed by atoms with Crippen LogP contribution in [-0.2, 0) is 22.4 Å². The molecule has 208 valence electrons. The van der Waals surface area contributed by atoms with Crippen molar-refractivity contribution < 1.29 is 9.59 Å². The van der Waals surface area contributed by atoms with E-state index in [4.69, 9.17) is 5.73 Å². The number of carbonyl (C=O) groups excluding carboxylic acids is 2. The summed E-state index contributed by atoms with van der Waals surface area (Å²) in [6.45, 7) is 5.33. The Morgan fingerprint density at radius 2 is 1.64 bits per heavy atom. The molecule has 1 aliphatic rings. The maximum atomic E-state index is 12.2. The van der Waals surface area contributed by atoms with E-state index in [1.807, 2.05) is 0 Å². The predicted molar refractivity (Wildman–Crippen MR) is 159 cm³/mol. The number of unbranched alkanes of at least 4 members (excludes halogenated alkanes) is 9. The second-order valence-electron chi connectivity index (χ2n) is 10.2. The van der Waals surface area contributed by atoms with Crippen LogP contribution >= 0.6 is 24.0 Å². The fraction of sp³-hybridized carbons (Fsp3) is 0.828. The van der Waals surface area contributed by atoms with Gasteiger partial charge in [-0.1, -0.05) is 78.1 Å². The van der Waals surface area contributed by atoms with Gasteiger partial charge in [-0.05, 0) is 56.7 Å². The number of hydrogen-bond acceptors (Lipinski definition) is 6. The Kier molecular flexibility index (Phi) is 20.3. The molecule has 1 heterocycles. The van der Waals surface area contributed by atoms with E-state index in [1.165, 1.54) is 81.2 Å². The smallest absolute Gasteiger partial charge is 0.226 e. The standard InChI is InChI=1S/C22H36N2O2S2.C7H17N/c1-2-3-9-17-11-13-19-20(16-17)28-22(23-19)24-21(26)14-12-18(25)10-7-5-4-6-8-15-27;1-2-3-4-5-6-7-8/h17,27H,2-16H2,1H3,(H,23,24,26);2-8H2,1H3/t17-;/m0./s1. The summed E-state index contributed by atoms with van der Waals surface area (Å²) in [5.74, 6) is 1.82. The van der Waals surface area contributed by atoms with Gasteiger partial charge in [-0.2, -0.15) is 12.6 Å². The first-order valence-corrected chi connectivity index (χ1v) is 16.1. The predicted octanol–water partition coefficient (Wildman–Crippen LogP) is 7.91. The Morgan fingerprint density at radius 3 is 2.36 bits per heavy atom. The fourth-order valence-corrected chi connectivity index (χ4v) is 5.87. The number of hydrogen-bond donors (Lipinski definition) is 3. The highest BCUT2D eigenvalue weighted by Gasteiger charge is 2.22. The molecule has 0 spiro atoms. The number of aromatic nitrogens is 1. The van der Waals surface area contributed by atoms with Crippen LogP contribution in [0.1, 0.15) is 134 Å². The average Bonchev–Trinajstić information content (AvgIpc) is 3.28. The van der Waals surface area contributed by atoms with Gasteiger partial charge in [0, 0.05) is 24.1 Å². The van der Waals surface area contributed by atoms with Crippen molar-refractivity contribution in [3.63, 3.8) is 0 Å². The minimum Gasteiger partial charge on any atom is -0.330 e. The first-order valence-electron chi connectivity index (χ1n) is 14.6. The normalized spacial score (nSPS) is 14.6. The summed E-state index contributed by atoms with van der Waals surface area (Å²) in [7, 11) is 0. The molecule has 36 heavy (non-hydrogen) atoms. The first-order chi connectivity index (χ1) is 17.5. The number of rotatable bonds is 19. The van der Waals surface area contributed by atoms with E-state index in [0.29, 0.717) is 18.0 Å². The third kappa shape index (κ3) is 16.0. The number of nitrogens with one attached hydrogen (secondary N) is 1. The molecule has 2 rings (SSSR count). The summed E-state index contributed by atoms with van der Waals surface area (Å²) in [5.41, 5.74) is 6.48. The van der Waals surface area contributed by atoms with Gasteiger partial charge in [0.05, 0.1) is 5.69 Å². The van der Waals surface area contributed by atoms with Crippen LogP contribution in [0, 0.1) is 5.92 Å². The number of thiol groups is 1. The molecule has 1 aliphatic carbocycles. The van der Waals surface area contributed by atoms with E-state index in [-0.39, 0.29) is 18.1 Å². The topological polar surface area (TPSA) is 85.1 Å². The maximum absolute atomic E-state index is 12.2. The van der Waals surface area contributed by atoms with Gasteiger partial charge in [0.1, 0.15) is 5.78 Å². The Labute approximate surface area is 230 Å². The molecule has 0 aromatic carbocycles. The molecule has 0 saturated carbocycles. The van der Waals surface area contributed by atoms with E-state index in [2.05, 4.69) is 36.8 Å². The molecule has 7 heteroatoms. The zero-order valence-corrected chi connectivity index (χ0v) is 24.8. The van der Waals surface area contributed by atoms with Crippen molar-refractivity contribution in [3.05, 3.63) is 10.6 Å². The number of Topliss-reactive ketones (excluding diaryl/α,β-unsaturated/α-hetero) is 1. The van der Waals surface area contributed by atoms with Crippen molar-refractivity contribution in [1.82, 2.24) is 4.98 Å². The third-order valence-corrected chi connectivity index (χ3v) is 8.16. The molecule has 3 N–H and O–H groups in total. The summed E-state index contributed by atoms with van der Waals surface area (Å²) in [4.78, 5) is 30.1. The molecule has 1 aromatic rings. The molecule has 0 unspecified atom stereocenters. The summed E-state index contributed by atoms with van der Waals surface area (Å²) in [6, 6.07) is 0. The van der Waals surface area contributed by atoms with Gasteiger partial charge in [0.15, 0.2) is 5.13 Å². The van der Waals surface area contributed by atoms with Gasteiger partial charge >= 0.3 is 0 Å². The Hall–Kier alpha value is -0.920. The summed E-state index contributed by atoms with van der Waals surface area (Å²) in [5, 5.41) is 3.62. The van der Waals surface area contributed by atoms with Crippen LogP contribution in [0.4, 0.5) is 5.13 Å². The lowest BCUT2D eigenvalue weighted by Crippen LogP contribution is -2.14. The number of ketones is 1. The molecule has 5 nitrogen and oxygen atoms in total. The fourth-order valence-electron chi connectivity index (χ4n) is 4.51. The Morgan fingerprint density at radius 1 is 0.944 bits per heavy atom. The van der Waals surface area contributed by atoms with Crippen molar-refractivity contribution >= 4 is 40.8 Å². The van der Waals surface area contributed by atoms with Crippen LogP contribution in [0.25, 0.3) is 0 Å². The van der Waals surface area contributed by atoms with E-state index in [0.717, 1.165) is 50.3 Å². The Balaban J connectivity index is 0.000000697. The molecular formula is C29H53N3O2S2. The van der Waals surface area contributed by atoms with Gasteiger partial charge in [-0.25, -0.2) is 4.98 Å². The number of carbonyl (C=O) groups is 2. The van der Waals surface area contributed by atoms with Gasteiger partial charge in [-0.15, -0.1) is 11.3 Å². The zero-order valence-electron chi connectivity index (χ0n) is 23.1. The molecule has 1 atom stereocenters. The first kappa shape index (κ1) is 33.1. The molecule has 0 saturated heterocycles. The van der Waals surface area contributed by atoms with E-state index in [1.54, 1.807) is 11.3 Å². The largest absolute Gasteiger partial charge is 0.330 e. The van der Waals surface area contributed by atoms with Crippen molar-refractivity contribution in [2.75, 3.05) is 17.6 Å². The second-order valence-corrected chi connectivity index (χ2v) is 11.7. The number of amides is 1. The molecule has 1 amide bonds. The maximum Gasteiger partial charge on any atom is 0.226 e. The van der Waals surface area contributed by atoms with Crippen molar-refractivity contribution in [3.8, 4) is 0 Å². The van der Waals surface area contributed by atoms with Crippen LogP contribution in [-0.4, -0.2) is 29.0 Å². The number of nitrogens with two attached hydrogens (primary N) is 1. The molecule has 0 aliphatic heterocycles. The molecule has 0 fully saturated rings. The van der Waals surface area contributed by atoms with Crippen LogP contribution in [0.2, 0.25) is 0 Å². The molecular weight excluding hydrogens is 486 g/mol. The second kappa shape index (κ2) is 22.1. The minimum atomic E-state index is -0.0873. The van der Waals surface area contributed by atoms with E-state index < -0.39 is 0 Å². The van der Waals surface area contributed by atoms with Gasteiger partial charge < -0.3 is 11.1 Å². The van der Waals surface area contributed by atoms with E-state index >= 15 is 0 Å². The third-order valence-electron chi connectivity index (χ3n) is 6.81. The summed E-state index contributed by atoms with van der Waals surface area (Å²) < 4.78 is 0. The lowest BCUT2D eigenvalue weighted by molar-refractivity contribution is -0.123. The lowest BCUT2D eigenvalue weighted by atomic mass is 9.87. The SMILES string of the molecule is CCCCCCCN.CCCC[C@H]1CCc2nc(NC(=O)CCC(=O)CCCCCCCS)sc2C1. The lowest BCUT2D eigenvalue weighted by Gasteiger charge is -2.20. The number of thiazole rings is 1. The highest BCUT2D eigenvalue weighted by atomic mass is 32.1. The minimum absolute atomic E-state index is 0.0873. The number of aryl methyl sites for hydroxylation is 1. The zero-order chi connectivity index (χ0) is 26.4. The van der Waals surface area contributed by atoms with Crippen LogP contribution in [0.15, 0.2) is 0 Å². The van der Waals surface area contributed by atoms with Crippen molar-refractivity contribution in [1.29, 1.82) is 0 Å². The van der Waals surface area contributed by atoms with Crippen LogP contribution < -0.4 is 11.1 Å². The van der Waals surface area contributed by atoms with Crippen LogP contribution in [0.5, 0.6) is 0 Å². The highest BCUT2D eigenvalue weighted by Crippen LogP contribution is 2.34. The number of fused-ring (bicyclic) bond motifs is 1. The average molecular weight is 540 g/mol. The number of nitrogens with zero attached hydrogens (tertiary/aromatic N) is 1. The Bertz CT molecular complexity index is 703. The molecule has 0 radical (unpaired) electrons. The monoisotopic (exact) mass is 539 g/mol. The van der Waals surface area contributed by atoms with Gasteiger partial charge in [0.2, 0.25) is 5.91 Å². The summed E-state index contributed by atoms with van der Waals surface area (Å²) in [6.07, 6.45) is 20.5. The highest BCUT2D eigenvalue weighted by molar-refractivity contribution is 7.80. The van der Waals surface area contributed by atoms with E-state index in [9.17, 15) is 9.59 Å². The van der Waals surface area contributed by atoms with Crippen LogP contribution in [0.3, 0.4) is 0 Å². The van der Waals surface area contributed by atoms with Gasteiger partial charge in [0.25, 0.3) is 0 Å². The molecule has 0 bridgehead atoms. The van der Waals surface area contributed by atoms with Crippen molar-refractivity contribution in [2.24, 2.45) is 11.7 Å². The number of anilines is 1. The quantitative estimate of drug-likeness (QED) is 0.123. The van der Waals surface area contributed by atoms with Crippen molar-refractivity contribution in [2.45, 2.75) is 136 Å².